The Bertz CT molecular complexity index is 1730. The molecule has 178 valence electrons. The molecule has 2 N–H and O–H groups in total. The lowest BCUT2D eigenvalue weighted by Gasteiger charge is -2.13. The lowest BCUT2D eigenvalue weighted by molar-refractivity contribution is 0.276. The minimum atomic E-state index is -0.163. The van der Waals surface area contributed by atoms with Crippen molar-refractivity contribution in [2.45, 2.75) is 20.5 Å². The normalized spacial score (nSPS) is 10.9. The Balaban J connectivity index is 1.71. The van der Waals surface area contributed by atoms with Crippen molar-refractivity contribution in [3.05, 3.63) is 87.6 Å². The Hall–Kier alpha value is -5.04. The maximum absolute atomic E-state index is 12.1. The summed E-state index contributed by atoms with van der Waals surface area (Å²) in [6.07, 6.45) is 1.68. The minimum Gasteiger partial charge on any atom is -0.456 e. The Morgan fingerprint density at radius 3 is 2.64 bits per heavy atom. The molecule has 5 rings (SSSR count). The van der Waals surface area contributed by atoms with Crippen LogP contribution in [-0.4, -0.2) is 29.1 Å². The van der Waals surface area contributed by atoms with Gasteiger partial charge in [-0.05, 0) is 37.6 Å². The molecule has 0 unspecified atom stereocenters. The Labute approximate surface area is 206 Å². The molecule has 0 aliphatic carbocycles. The zero-order valence-electron chi connectivity index (χ0n) is 19.9. The summed E-state index contributed by atoms with van der Waals surface area (Å²) in [5, 5.41) is 14.1. The van der Waals surface area contributed by atoms with Crippen LogP contribution in [0.3, 0.4) is 0 Å². The fraction of sp³-hybridized carbons (Fsp3) is 0.154. The quantitative estimate of drug-likeness (QED) is 0.407. The molecule has 0 aliphatic heterocycles. The van der Waals surface area contributed by atoms with Gasteiger partial charge in [0.15, 0.2) is 5.65 Å². The zero-order chi connectivity index (χ0) is 25.4. The van der Waals surface area contributed by atoms with Gasteiger partial charge in [-0.15, -0.1) is 5.10 Å². The molecule has 10 heteroatoms. The molecule has 0 bridgehead atoms. The van der Waals surface area contributed by atoms with Gasteiger partial charge < -0.3 is 15.0 Å². The molecular formula is C26H22N8O2. The van der Waals surface area contributed by atoms with Crippen LogP contribution in [0.5, 0.6) is 6.01 Å². The average Bonchev–Trinajstić information content (AvgIpc) is 3.31. The fourth-order valence-corrected chi connectivity index (χ4v) is 3.95. The summed E-state index contributed by atoms with van der Waals surface area (Å²) in [5.74, 6) is 0.0773. The van der Waals surface area contributed by atoms with E-state index in [1.54, 1.807) is 37.5 Å². The number of nitrogen functional groups attached to an aromatic ring is 1. The highest BCUT2D eigenvalue weighted by Crippen LogP contribution is 2.36. The number of ether oxygens (including phenoxy) is 1. The average molecular weight is 479 g/mol. The van der Waals surface area contributed by atoms with Crippen LogP contribution in [0.4, 0.5) is 5.95 Å². The van der Waals surface area contributed by atoms with Crippen molar-refractivity contribution >= 4 is 11.6 Å². The monoisotopic (exact) mass is 478 g/mol. The Kier molecular flexibility index (Phi) is 5.66. The number of nitrogens with zero attached hydrogens (tertiary/aromatic N) is 7. The van der Waals surface area contributed by atoms with E-state index in [0.29, 0.717) is 33.6 Å². The van der Waals surface area contributed by atoms with Gasteiger partial charge in [0.1, 0.15) is 6.61 Å². The van der Waals surface area contributed by atoms with Crippen molar-refractivity contribution < 1.29 is 4.74 Å². The van der Waals surface area contributed by atoms with Crippen molar-refractivity contribution in [2.24, 2.45) is 7.05 Å². The van der Waals surface area contributed by atoms with Crippen LogP contribution in [-0.2, 0) is 13.7 Å². The first-order chi connectivity index (χ1) is 17.4. The molecule has 0 radical (unpaired) electrons. The van der Waals surface area contributed by atoms with Gasteiger partial charge in [0.2, 0.25) is 11.5 Å². The number of rotatable bonds is 5. The van der Waals surface area contributed by atoms with Crippen LogP contribution in [0.1, 0.15) is 22.5 Å². The summed E-state index contributed by atoms with van der Waals surface area (Å²) in [6.45, 7) is 4.05. The van der Waals surface area contributed by atoms with E-state index in [0.717, 1.165) is 17.0 Å². The molecule has 0 fully saturated rings. The van der Waals surface area contributed by atoms with E-state index in [1.807, 2.05) is 32.0 Å². The molecule has 0 spiro atoms. The second-order valence-corrected chi connectivity index (χ2v) is 8.35. The standard InChI is InChI=1S/C26H22N8O2/c1-15-8-9-16(2)29-20(15)14-36-26-31-24-22(18-10-11-21(35)33(3)13-18)23(30-25(28)34(24)32-26)19-7-5-4-6-17(19)12-27/h4-11,13H,14H2,1-3H3,(H2,28,30). The summed E-state index contributed by atoms with van der Waals surface area (Å²) in [4.78, 5) is 25.8. The van der Waals surface area contributed by atoms with Crippen LogP contribution >= 0.6 is 0 Å². The van der Waals surface area contributed by atoms with Crippen LogP contribution in [0.15, 0.2) is 59.5 Å². The van der Waals surface area contributed by atoms with E-state index >= 15 is 0 Å². The summed E-state index contributed by atoms with van der Waals surface area (Å²) in [5.41, 5.74) is 11.9. The van der Waals surface area contributed by atoms with Crippen LogP contribution in [0.25, 0.3) is 28.0 Å². The molecule has 0 amide bonds. The number of pyridine rings is 2. The smallest absolute Gasteiger partial charge is 0.336 e. The van der Waals surface area contributed by atoms with E-state index < -0.39 is 0 Å². The lowest BCUT2D eigenvalue weighted by atomic mass is 9.98. The summed E-state index contributed by atoms with van der Waals surface area (Å²) in [7, 11) is 1.66. The fourth-order valence-electron chi connectivity index (χ4n) is 3.95. The second-order valence-electron chi connectivity index (χ2n) is 8.35. The zero-order valence-corrected chi connectivity index (χ0v) is 19.9. The summed E-state index contributed by atoms with van der Waals surface area (Å²) < 4.78 is 8.75. The lowest BCUT2D eigenvalue weighted by Crippen LogP contribution is -2.14. The summed E-state index contributed by atoms with van der Waals surface area (Å²) in [6, 6.07) is 16.5. The number of anilines is 1. The van der Waals surface area contributed by atoms with Gasteiger partial charge in [0.05, 0.1) is 28.6 Å². The molecule has 4 aromatic heterocycles. The number of benzene rings is 1. The second kappa shape index (κ2) is 8.96. The third kappa shape index (κ3) is 4.03. The molecule has 0 saturated carbocycles. The predicted octanol–water partition coefficient (Wildman–Crippen LogP) is 3.20. The molecule has 0 saturated heterocycles. The SMILES string of the molecule is Cc1ccc(C)c(COc2nc3c(-c4ccc(=O)n(C)c4)c(-c4ccccc4C#N)nc(N)n3n2)n1. The number of nitriles is 1. The molecule has 1 aromatic carbocycles. The first-order valence-corrected chi connectivity index (χ1v) is 11.1. The number of aryl methyl sites for hydroxylation is 3. The van der Waals surface area contributed by atoms with Gasteiger partial charge in [-0.25, -0.2) is 4.98 Å². The van der Waals surface area contributed by atoms with Crippen molar-refractivity contribution in [3.8, 4) is 34.5 Å². The van der Waals surface area contributed by atoms with Crippen LogP contribution in [0.2, 0.25) is 0 Å². The van der Waals surface area contributed by atoms with Gasteiger partial charge in [0, 0.05) is 36.1 Å². The van der Waals surface area contributed by atoms with E-state index in [2.05, 4.69) is 26.1 Å². The molecule has 4 heterocycles. The van der Waals surface area contributed by atoms with Gasteiger partial charge in [0.25, 0.3) is 0 Å². The van der Waals surface area contributed by atoms with Crippen molar-refractivity contribution in [3.63, 3.8) is 0 Å². The third-order valence-corrected chi connectivity index (χ3v) is 5.85. The minimum absolute atomic E-state index is 0.0773. The van der Waals surface area contributed by atoms with E-state index in [-0.39, 0.29) is 24.1 Å². The van der Waals surface area contributed by atoms with Gasteiger partial charge in [-0.2, -0.15) is 14.8 Å². The largest absolute Gasteiger partial charge is 0.456 e. The number of aromatic nitrogens is 6. The van der Waals surface area contributed by atoms with Crippen molar-refractivity contribution in [1.82, 2.24) is 29.1 Å². The maximum Gasteiger partial charge on any atom is 0.336 e. The van der Waals surface area contributed by atoms with Crippen molar-refractivity contribution in [2.75, 3.05) is 5.73 Å². The van der Waals surface area contributed by atoms with Gasteiger partial charge >= 0.3 is 6.01 Å². The topological polar surface area (TPSA) is 137 Å². The van der Waals surface area contributed by atoms with E-state index in [1.165, 1.54) is 15.1 Å². The van der Waals surface area contributed by atoms with Crippen molar-refractivity contribution in [1.29, 1.82) is 5.26 Å². The van der Waals surface area contributed by atoms with E-state index in [4.69, 9.17) is 10.5 Å². The van der Waals surface area contributed by atoms with Gasteiger partial charge in [-0.3, -0.25) is 9.78 Å². The van der Waals surface area contributed by atoms with Gasteiger partial charge in [-0.1, -0.05) is 24.3 Å². The highest BCUT2D eigenvalue weighted by molar-refractivity contribution is 5.91. The number of hydrogen-bond acceptors (Lipinski definition) is 8. The van der Waals surface area contributed by atoms with Crippen LogP contribution in [0, 0.1) is 25.2 Å². The van der Waals surface area contributed by atoms with Crippen LogP contribution < -0.4 is 16.0 Å². The number of hydrogen-bond donors (Lipinski definition) is 1. The first-order valence-electron chi connectivity index (χ1n) is 11.1. The molecule has 0 aliphatic rings. The highest BCUT2D eigenvalue weighted by atomic mass is 16.5. The first kappa shape index (κ1) is 22.7. The van der Waals surface area contributed by atoms with E-state index in [9.17, 15) is 10.1 Å². The Morgan fingerprint density at radius 1 is 1.06 bits per heavy atom. The third-order valence-electron chi connectivity index (χ3n) is 5.85. The number of nitrogens with two attached hydrogens (primary N) is 1. The maximum atomic E-state index is 12.1. The molecule has 5 aromatic rings. The molecular weight excluding hydrogens is 456 g/mol. The number of fused-ring (bicyclic) bond motifs is 1. The highest BCUT2D eigenvalue weighted by Gasteiger charge is 2.22. The Morgan fingerprint density at radius 2 is 1.86 bits per heavy atom. The summed E-state index contributed by atoms with van der Waals surface area (Å²) >= 11 is 0. The molecule has 10 nitrogen and oxygen atoms in total. The molecule has 0 atom stereocenters. The molecule has 36 heavy (non-hydrogen) atoms. The predicted molar refractivity (Wildman–Crippen MR) is 134 cm³/mol.